The molecule has 0 rings (SSSR count). The molecule has 0 aliphatic heterocycles. The zero-order chi connectivity index (χ0) is 0. The van der Waals surface area contributed by atoms with E-state index in [2.05, 4.69) is 0 Å². The molecule has 0 aliphatic rings. The fraction of sp³-hybridized carbons (Fsp3) is 0. The van der Waals surface area contributed by atoms with Crippen LogP contribution >= 0.6 is 9.90 Å². The number of hydrogen-bond donors (Lipinski definition) is 0. The molecule has 0 bridgehead atoms. The maximum absolute atomic E-state index is 0. The molecule has 4 heavy (non-hydrogen) atoms. The van der Waals surface area contributed by atoms with Crippen LogP contribution in [-0.4, -0.2) is 0 Å². The first-order valence-electron chi connectivity index (χ1n) is 0. The predicted molar refractivity (Wildman–Crippen MR) is 11.1 cm³/mol. The number of hydrogen-bond acceptors (Lipinski definition) is 0. The van der Waals surface area contributed by atoms with Gasteiger partial charge in [0.25, 0.3) is 0 Å². The van der Waals surface area contributed by atoms with Crippen molar-refractivity contribution in [3.63, 3.8) is 0 Å². The van der Waals surface area contributed by atoms with E-state index in [1.165, 1.54) is 0 Å². The molecule has 0 aromatic carbocycles. The van der Waals surface area contributed by atoms with E-state index in [9.17, 15) is 0 Å². The molecule has 0 nitrogen and oxygen atoms in total. The van der Waals surface area contributed by atoms with Crippen molar-refractivity contribution in [2.45, 2.75) is 0 Å². The van der Waals surface area contributed by atoms with Crippen molar-refractivity contribution in [3.05, 3.63) is 0 Å². The van der Waals surface area contributed by atoms with Crippen LogP contribution in [-0.2, 0) is 60.6 Å². The minimum Gasteiger partial charge on any atom is -0.153 e. The monoisotopic (exact) mass is 239 g/mol. The molecule has 0 fully saturated rings. The second-order valence-electron chi connectivity index (χ2n) is 0. The van der Waals surface area contributed by atoms with Gasteiger partial charge in [-0.25, -0.2) is 0 Å². The standard InChI is InChI=1S/Cr.Cu.H3P.Zr/h;;1H3;. The topological polar surface area (TPSA) is 0 Å². The van der Waals surface area contributed by atoms with Gasteiger partial charge in [-0.15, -0.1) is 0 Å². The fourth-order valence-corrected chi connectivity index (χ4v) is 0. The Labute approximate surface area is 69.8 Å². The fourth-order valence-electron chi connectivity index (χ4n) is 0. The Bertz CT molecular complexity index is 8.00. The molecular weight excluding hydrogens is 238 g/mol. The van der Waals surface area contributed by atoms with Crippen LogP contribution in [0.1, 0.15) is 0 Å². The van der Waals surface area contributed by atoms with Crippen LogP contribution in [0.5, 0.6) is 0 Å². The van der Waals surface area contributed by atoms with E-state index < -0.39 is 0 Å². The molecule has 0 amide bonds. The van der Waals surface area contributed by atoms with Crippen LogP contribution in [0.25, 0.3) is 0 Å². The molecular formula is H3CrCuPZr. The van der Waals surface area contributed by atoms with Crippen LogP contribution < -0.4 is 0 Å². The molecule has 4 heteroatoms. The minimum absolute atomic E-state index is 0. The Morgan fingerprint density at radius 2 is 1.00 bits per heavy atom. The molecule has 0 aromatic heterocycles. The smallest absolute Gasteiger partial charge is 0 e. The van der Waals surface area contributed by atoms with Crippen molar-refractivity contribution in [2.75, 3.05) is 0 Å². The molecule has 0 N–H and O–H groups in total. The summed E-state index contributed by atoms with van der Waals surface area (Å²) in [6.07, 6.45) is 0. The van der Waals surface area contributed by atoms with Gasteiger partial charge in [0, 0.05) is 60.6 Å². The van der Waals surface area contributed by atoms with Gasteiger partial charge in [-0.2, -0.15) is 9.90 Å². The third kappa shape index (κ3) is 8.84. The Morgan fingerprint density at radius 1 is 1.00 bits per heavy atom. The van der Waals surface area contributed by atoms with E-state index in [0.717, 1.165) is 0 Å². The van der Waals surface area contributed by atoms with Gasteiger partial charge >= 0.3 is 0 Å². The summed E-state index contributed by atoms with van der Waals surface area (Å²) in [5, 5.41) is 0. The first kappa shape index (κ1) is 32.8. The van der Waals surface area contributed by atoms with E-state index in [1.54, 1.807) is 0 Å². The molecule has 0 spiro atoms. The van der Waals surface area contributed by atoms with Crippen LogP contribution in [0.15, 0.2) is 0 Å². The summed E-state index contributed by atoms with van der Waals surface area (Å²) >= 11 is 0. The third-order valence-electron chi connectivity index (χ3n) is 0. The largest absolute Gasteiger partial charge is 0.153 e. The van der Waals surface area contributed by atoms with E-state index in [0.29, 0.717) is 0 Å². The van der Waals surface area contributed by atoms with Crippen LogP contribution in [0.3, 0.4) is 0 Å². The summed E-state index contributed by atoms with van der Waals surface area (Å²) in [7, 11) is 0. The zero-order valence-corrected chi connectivity index (χ0v) is 8.01. The van der Waals surface area contributed by atoms with E-state index in [1.807, 2.05) is 0 Å². The second kappa shape index (κ2) is 18.3. The van der Waals surface area contributed by atoms with Gasteiger partial charge < -0.3 is 0 Å². The maximum Gasteiger partial charge on any atom is 0 e. The summed E-state index contributed by atoms with van der Waals surface area (Å²) in [6, 6.07) is 0. The Hall–Kier alpha value is 2.37. The summed E-state index contributed by atoms with van der Waals surface area (Å²) in [5.41, 5.74) is 0. The van der Waals surface area contributed by atoms with E-state index in [4.69, 9.17) is 0 Å². The van der Waals surface area contributed by atoms with Crippen molar-refractivity contribution < 1.29 is 60.6 Å². The van der Waals surface area contributed by atoms with Crippen LogP contribution in [0.4, 0.5) is 0 Å². The summed E-state index contributed by atoms with van der Waals surface area (Å²) in [4.78, 5) is 0. The third-order valence-corrected chi connectivity index (χ3v) is 0. The molecule has 1 radical (unpaired) electrons. The van der Waals surface area contributed by atoms with Crippen molar-refractivity contribution in [1.82, 2.24) is 0 Å². The van der Waals surface area contributed by atoms with Crippen molar-refractivity contribution >= 4 is 9.90 Å². The van der Waals surface area contributed by atoms with Gasteiger partial charge in [0.2, 0.25) is 0 Å². The molecule has 1 unspecified atom stereocenters. The maximum atomic E-state index is 0. The summed E-state index contributed by atoms with van der Waals surface area (Å²) < 4.78 is 0. The van der Waals surface area contributed by atoms with Gasteiger partial charge in [-0.1, -0.05) is 0 Å². The predicted octanol–water partition coefficient (Wildman–Crippen LogP) is 0.0506. The van der Waals surface area contributed by atoms with Gasteiger partial charge in [-0.3, -0.25) is 0 Å². The molecule has 29 valence electrons. The second-order valence-corrected chi connectivity index (χ2v) is 0. The van der Waals surface area contributed by atoms with Gasteiger partial charge in [-0.05, 0) is 0 Å². The quantitative estimate of drug-likeness (QED) is 0.415. The first-order valence-corrected chi connectivity index (χ1v) is 0. The normalized spacial score (nSPS) is 0. The molecule has 1 atom stereocenters. The van der Waals surface area contributed by atoms with Crippen molar-refractivity contribution in [1.29, 1.82) is 0 Å². The summed E-state index contributed by atoms with van der Waals surface area (Å²) in [5.74, 6) is 0. The molecule has 0 aliphatic carbocycles. The van der Waals surface area contributed by atoms with Gasteiger partial charge in [0.15, 0.2) is 0 Å². The van der Waals surface area contributed by atoms with Gasteiger partial charge in [0.1, 0.15) is 0 Å². The molecule has 0 saturated carbocycles. The zero-order valence-electron chi connectivity index (χ0n) is 1.92. The molecule has 0 heterocycles. The molecule has 0 saturated heterocycles. The first-order chi connectivity index (χ1) is 0. The Kier molecular flexibility index (Phi) is 150. The minimum atomic E-state index is 0. The van der Waals surface area contributed by atoms with Crippen LogP contribution in [0, 0.1) is 0 Å². The summed E-state index contributed by atoms with van der Waals surface area (Å²) in [6.45, 7) is 0. The Balaban J connectivity index is 0. The van der Waals surface area contributed by atoms with E-state index in [-0.39, 0.29) is 70.5 Å². The average molecular weight is 241 g/mol. The van der Waals surface area contributed by atoms with E-state index >= 15 is 0 Å². The SMILES string of the molecule is P.[Cr].[Cu].[Zr]. The van der Waals surface area contributed by atoms with Crippen molar-refractivity contribution in [3.8, 4) is 0 Å². The molecule has 0 aromatic rings. The van der Waals surface area contributed by atoms with Crippen LogP contribution in [0.2, 0.25) is 0 Å². The Morgan fingerprint density at radius 3 is 1.00 bits per heavy atom. The average Bonchev–Trinajstić information content (AvgIpc) is 0. The van der Waals surface area contributed by atoms with Crippen molar-refractivity contribution in [2.24, 2.45) is 0 Å². The van der Waals surface area contributed by atoms with Gasteiger partial charge in [0.05, 0.1) is 0 Å². The number of rotatable bonds is 0.